The van der Waals surface area contributed by atoms with Gasteiger partial charge >= 0.3 is 5.97 Å². The Morgan fingerprint density at radius 2 is 2.17 bits per heavy atom. The van der Waals surface area contributed by atoms with Crippen LogP contribution >= 0.6 is 0 Å². The molecule has 0 bridgehead atoms. The fourth-order valence-electron chi connectivity index (χ4n) is 1.40. The summed E-state index contributed by atoms with van der Waals surface area (Å²) in [5.41, 5.74) is 7.26. The summed E-state index contributed by atoms with van der Waals surface area (Å²) in [5, 5.41) is 11.8. The second-order valence-electron chi connectivity index (χ2n) is 3.77. The van der Waals surface area contributed by atoms with E-state index in [2.05, 4.69) is 10.1 Å². The fourth-order valence-corrected chi connectivity index (χ4v) is 1.40. The molecule has 1 aromatic rings. The van der Waals surface area contributed by atoms with Crippen LogP contribution in [0.4, 0.5) is 5.69 Å². The van der Waals surface area contributed by atoms with Crippen LogP contribution in [0.1, 0.15) is 15.9 Å². The quantitative estimate of drug-likeness (QED) is 0.510. The largest absolute Gasteiger partial charge is 0.467 e. The van der Waals surface area contributed by atoms with Gasteiger partial charge in [-0.15, -0.1) is 0 Å². The fraction of sp³-hybridized carbons (Fsp3) is 0.333. The summed E-state index contributed by atoms with van der Waals surface area (Å²) in [4.78, 5) is 22.7. The Hall–Kier alpha value is -2.08. The van der Waals surface area contributed by atoms with E-state index in [0.29, 0.717) is 16.8 Å². The van der Waals surface area contributed by atoms with Gasteiger partial charge in [0.05, 0.1) is 13.7 Å². The Bertz CT molecular complexity index is 459. The summed E-state index contributed by atoms with van der Waals surface area (Å²) in [7, 11) is 1.16. The number of carbonyl (C=O) groups excluding carboxylic acids is 2. The van der Waals surface area contributed by atoms with Crippen molar-refractivity contribution >= 4 is 17.6 Å². The van der Waals surface area contributed by atoms with Crippen molar-refractivity contribution in [2.24, 2.45) is 0 Å². The monoisotopic (exact) mass is 252 g/mol. The van der Waals surface area contributed by atoms with Crippen molar-refractivity contribution in [1.82, 2.24) is 5.32 Å². The van der Waals surface area contributed by atoms with Gasteiger partial charge in [0.25, 0.3) is 5.91 Å². The molecule has 0 saturated heterocycles. The SMILES string of the molecule is COC(=O)C(O)CNC(=O)c1cccc(N)c1C. The van der Waals surface area contributed by atoms with Crippen molar-refractivity contribution in [2.45, 2.75) is 13.0 Å². The second-order valence-corrected chi connectivity index (χ2v) is 3.77. The minimum atomic E-state index is -1.37. The number of anilines is 1. The molecule has 0 aliphatic carbocycles. The molecule has 0 aliphatic rings. The summed E-state index contributed by atoms with van der Waals surface area (Å²) >= 11 is 0. The molecule has 6 heteroatoms. The Balaban J connectivity index is 2.66. The Morgan fingerprint density at radius 1 is 1.50 bits per heavy atom. The third kappa shape index (κ3) is 3.21. The number of methoxy groups -OCH3 is 1. The van der Waals surface area contributed by atoms with Crippen molar-refractivity contribution in [3.8, 4) is 0 Å². The first-order valence-corrected chi connectivity index (χ1v) is 5.36. The van der Waals surface area contributed by atoms with Crippen molar-refractivity contribution in [2.75, 3.05) is 19.4 Å². The number of nitrogen functional groups attached to an aromatic ring is 1. The number of rotatable bonds is 4. The van der Waals surface area contributed by atoms with E-state index in [0.717, 1.165) is 7.11 Å². The molecule has 1 unspecified atom stereocenters. The molecule has 1 atom stereocenters. The average Bonchev–Trinajstić information content (AvgIpc) is 2.37. The van der Waals surface area contributed by atoms with Gasteiger partial charge in [0.2, 0.25) is 0 Å². The number of aliphatic hydroxyl groups is 1. The van der Waals surface area contributed by atoms with Gasteiger partial charge in [-0.2, -0.15) is 0 Å². The molecule has 98 valence electrons. The summed E-state index contributed by atoms with van der Waals surface area (Å²) < 4.78 is 4.33. The molecule has 0 aromatic heterocycles. The summed E-state index contributed by atoms with van der Waals surface area (Å²) in [5.74, 6) is -1.19. The maximum atomic E-state index is 11.8. The standard InChI is InChI=1S/C12H16N2O4/c1-7-8(4-3-5-9(7)13)11(16)14-6-10(15)12(17)18-2/h3-5,10,15H,6,13H2,1-2H3,(H,14,16). The van der Waals surface area contributed by atoms with Crippen LogP contribution in [0.3, 0.4) is 0 Å². The first-order valence-electron chi connectivity index (χ1n) is 5.36. The van der Waals surface area contributed by atoms with Crippen molar-refractivity contribution < 1.29 is 19.4 Å². The maximum Gasteiger partial charge on any atom is 0.336 e. The van der Waals surface area contributed by atoms with E-state index in [1.165, 1.54) is 0 Å². The van der Waals surface area contributed by atoms with E-state index < -0.39 is 18.0 Å². The highest BCUT2D eigenvalue weighted by Gasteiger charge is 2.17. The topological polar surface area (TPSA) is 102 Å². The predicted octanol–water partition coefficient (Wildman–Crippen LogP) is -0.159. The third-order valence-corrected chi connectivity index (χ3v) is 2.55. The molecule has 1 amide bonds. The zero-order chi connectivity index (χ0) is 13.7. The highest BCUT2D eigenvalue weighted by atomic mass is 16.5. The predicted molar refractivity (Wildman–Crippen MR) is 65.9 cm³/mol. The molecule has 4 N–H and O–H groups in total. The first-order chi connectivity index (χ1) is 8.47. The Morgan fingerprint density at radius 3 is 2.78 bits per heavy atom. The molecule has 1 aromatic carbocycles. The van der Waals surface area contributed by atoms with Crippen LogP contribution in [0.5, 0.6) is 0 Å². The van der Waals surface area contributed by atoms with E-state index in [1.807, 2.05) is 0 Å². The van der Waals surface area contributed by atoms with Gasteiger partial charge in [-0.1, -0.05) is 6.07 Å². The van der Waals surface area contributed by atoms with Gasteiger partial charge in [-0.25, -0.2) is 4.79 Å². The van der Waals surface area contributed by atoms with E-state index in [9.17, 15) is 14.7 Å². The minimum absolute atomic E-state index is 0.209. The maximum absolute atomic E-state index is 11.8. The highest BCUT2D eigenvalue weighted by molar-refractivity contribution is 5.97. The van der Waals surface area contributed by atoms with Gasteiger partial charge in [0.15, 0.2) is 6.10 Å². The number of benzene rings is 1. The number of nitrogens with one attached hydrogen (secondary N) is 1. The Labute approximate surface area is 105 Å². The van der Waals surface area contributed by atoms with E-state index in [-0.39, 0.29) is 6.54 Å². The summed E-state index contributed by atoms with van der Waals surface area (Å²) in [6, 6.07) is 4.97. The number of carbonyl (C=O) groups is 2. The lowest BCUT2D eigenvalue weighted by Gasteiger charge is -2.11. The van der Waals surface area contributed by atoms with Crippen LogP contribution in [0, 0.1) is 6.92 Å². The van der Waals surface area contributed by atoms with Gasteiger partial charge < -0.3 is 20.9 Å². The van der Waals surface area contributed by atoms with Crippen molar-refractivity contribution in [3.05, 3.63) is 29.3 Å². The molecule has 0 radical (unpaired) electrons. The zero-order valence-electron chi connectivity index (χ0n) is 10.3. The number of ether oxygens (including phenoxy) is 1. The molecule has 1 rings (SSSR count). The molecule has 18 heavy (non-hydrogen) atoms. The van der Waals surface area contributed by atoms with E-state index >= 15 is 0 Å². The summed E-state index contributed by atoms with van der Waals surface area (Å²) in [6.07, 6.45) is -1.37. The number of amides is 1. The van der Waals surface area contributed by atoms with Crippen LogP contribution in [0.15, 0.2) is 18.2 Å². The van der Waals surface area contributed by atoms with Crippen LogP contribution in [0.25, 0.3) is 0 Å². The molecule has 0 spiro atoms. The Kier molecular flexibility index (Phi) is 4.67. The second kappa shape index (κ2) is 6.02. The molecule has 0 saturated carbocycles. The van der Waals surface area contributed by atoms with Crippen molar-refractivity contribution in [1.29, 1.82) is 0 Å². The molecule has 6 nitrogen and oxygen atoms in total. The van der Waals surface area contributed by atoms with Crippen molar-refractivity contribution in [3.63, 3.8) is 0 Å². The van der Waals surface area contributed by atoms with Gasteiger partial charge in [-0.05, 0) is 24.6 Å². The van der Waals surface area contributed by atoms with Gasteiger partial charge in [-0.3, -0.25) is 4.79 Å². The molecule has 0 fully saturated rings. The number of nitrogens with two attached hydrogens (primary N) is 1. The first kappa shape index (κ1) is 14.0. The number of hydrogen-bond acceptors (Lipinski definition) is 5. The smallest absolute Gasteiger partial charge is 0.336 e. The lowest BCUT2D eigenvalue weighted by Crippen LogP contribution is -2.37. The molecular weight excluding hydrogens is 236 g/mol. The highest BCUT2D eigenvalue weighted by Crippen LogP contribution is 2.15. The van der Waals surface area contributed by atoms with Gasteiger partial charge in [0.1, 0.15) is 0 Å². The lowest BCUT2D eigenvalue weighted by atomic mass is 10.1. The normalized spacial score (nSPS) is 11.7. The van der Waals surface area contributed by atoms with Gasteiger partial charge in [0, 0.05) is 11.3 Å². The van der Waals surface area contributed by atoms with Crippen LogP contribution in [-0.2, 0) is 9.53 Å². The molecule has 0 heterocycles. The van der Waals surface area contributed by atoms with E-state index in [4.69, 9.17) is 5.73 Å². The van der Waals surface area contributed by atoms with Crippen LogP contribution in [-0.4, -0.2) is 36.7 Å². The number of hydrogen-bond donors (Lipinski definition) is 3. The lowest BCUT2D eigenvalue weighted by molar-refractivity contribution is -0.149. The van der Waals surface area contributed by atoms with E-state index in [1.54, 1.807) is 25.1 Å². The van der Waals surface area contributed by atoms with Crippen LogP contribution in [0.2, 0.25) is 0 Å². The average molecular weight is 252 g/mol. The number of esters is 1. The summed E-state index contributed by atoms with van der Waals surface area (Å²) in [6.45, 7) is 1.51. The number of aliphatic hydroxyl groups excluding tert-OH is 1. The van der Waals surface area contributed by atoms with Crippen LogP contribution < -0.4 is 11.1 Å². The zero-order valence-corrected chi connectivity index (χ0v) is 10.3. The molecular formula is C12H16N2O4. The third-order valence-electron chi connectivity index (χ3n) is 2.55. The minimum Gasteiger partial charge on any atom is -0.467 e. The molecule has 0 aliphatic heterocycles.